The quantitative estimate of drug-likeness (QED) is 0.706. The molecule has 0 atom stereocenters. The summed E-state index contributed by atoms with van der Waals surface area (Å²) in [7, 11) is 0. The number of aliphatic carboxylic acids is 1. The van der Waals surface area contributed by atoms with Crippen LogP contribution in [0.3, 0.4) is 0 Å². The smallest absolute Gasteiger partial charge is 0.409 e. The number of carbonyl (C=O) groups is 2. The molecule has 1 amide bonds. The highest BCUT2D eigenvalue weighted by atomic mass is 32.1. The number of carboxylic acid groups (broad SMARTS) is 1. The summed E-state index contributed by atoms with van der Waals surface area (Å²) in [4.78, 5) is 27.1. The summed E-state index contributed by atoms with van der Waals surface area (Å²) in [6.07, 6.45) is 6.19. The number of thiophene rings is 1. The molecule has 1 N–H and O–H groups in total. The van der Waals surface area contributed by atoms with E-state index in [9.17, 15) is 9.59 Å². The van der Waals surface area contributed by atoms with Gasteiger partial charge in [0, 0.05) is 28.9 Å². The van der Waals surface area contributed by atoms with Crippen molar-refractivity contribution in [3.8, 4) is 0 Å². The van der Waals surface area contributed by atoms with Gasteiger partial charge in [-0.3, -0.25) is 0 Å². The number of hydrogen-bond donors (Lipinski definition) is 1. The van der Waals surface area contributed by atoms with Gasteiger partial charge in [-0.15, -0.1) is 11.3 Å². The number of hydrogen-bond acceptors (Lipinski definition) is 4. The highest BCUT2D eigenvalue weighted by Gasteiger charge is 2.27. The number of benzene rings is 1. The molecule has 1 aliphatic carbocycles. The second-order valence-corrected chi connectivity index (χ2v) is 8.65. The molecule has 156 valence electrons. The van der Waals surface area contributed by atoms with E-state index >= 15 is 0 Å². The van der Waals surface area contributed by atoms with Crippen molar-refractivity contribution in [2.45, 2.75) is 32.6 Å². The van der Waals surface area contributed by atoms with Gasteiger partial charge in [-0.05, 0) is 67.0 Å². The Hall–Kier alpha value is -2.86. The fourth-order valence-corrected chi connectivity index (χ4v) is 5.34. The lowest BCUT2D eigenvalue weighted by molar-refractivity contribution is -0.131. The average molecular weight is 424 g/mol. The summed E-state index contributed by atoms with van der Waals surface area (Å²) in [6, 6.07) is 10.7. The van der Waals surface area contributed by atoms with Gasteiger partial charge in [-0.2, -0.15) is 0 Å². The van der Waals surface area contributed by atoms with Crippen molar-refractivity contribution in [1.29, 1.82) is 0 Å². The van der Waals surface area contributed by atoms with E-state index in [4.69, 9.17) is 9.84 Å². The summed E-state index contributed by atoms with van der Waals surface area (Å²) < 4.78 is 5.16. The summed E-state index contributed by atoms with van der Waals surface area (Å²) in [5, 5.41) is 8.98. The molecule has 0 radical (unpaired) electrons. The average Bonchev–Trinajstić information content (AvgIpc) is 3.08. The van der Waals surface area contributed by atoms with Crippen molar-refractivity contribution in [3.05, 3.63) is 68.4 Å². The van der Waals surface area contributed by atoms with Gasteiger partial charge in [0.05, 0.1) is 6.61 Å². The highest BCUT2D eigenvalue weighted by molar-refractivity contribution is 7.13. The van der Waals surface area contributed by atoms with Gasteiger partial charge in [0.2, 0.25) is 0 Å². The summed E-state index contributed by atoms with van der Waals surface area (Å²) in [5.41, 5.74) is 6.46. The Bertz CT molecular complexity index is 1020. The van der Waals surface area contributed by atoms with Crippen LogP contribution in [0, 0.1) is 0 Å². The van der Waals surface area contributed by atoms with Gasteiger partial charge in [-0.1, -0.05) is 29.8 Å². The van der Waals surface area contributed by atoms with Crippen molar-refractivity contribution < 1.29 is 19.4 Å². The molecule has 2 aliphatic rings. The van der Waals surface area contributed by atoms with Crippen LogP contribution in [0.4, 0.5) is 4.79 Å². The van der Waals surface area contributed by atoms with E-state index in [1.807, 2.05) is 6.92 Å². The van der Waals surface area contributed by atoms with Crippen LogP contribution in [0.15, 0.2) is 42.0 Å². The van der Waals surface area contributed by atoms with E-state index in [0.29, 0.717) is 19.7 Å². The van der Waals surface area contributed by atoms with Gasteiger partial charge in [-0.25, -0.2) is 9.59 Å². The van der Waals surface area contributed by atoms with Gasteiger partial charge in [0.15, 0.2) is 0 Å². The Morgan fingerprint density at radius 3 is 2.63 bits per heavy atom. The van der Waals surface area contributed by atoms with Crippen LogP contribution >= 0.6 is 11.3 Å². The highest BCUT2D eigenvalue weighted by Crippen LogP contribution is 2.42. The van der Waals surface area contributed by atoms with E-state index in [2.05, 4.69) is 30.3 Å². The Labute approximate surface area is 180 Å². The first kappa shape index (κ1) is 20.4. The SMILES string of the molecule is CCOC(=O)N1CCC(=C2c3ccccc3CCc3sc(/C=C/C(=O)O)cc32)CC1. The molecule has 1 saturated heterocycles. The maximum absolute atomic E-state index is 12.1. The molecule has 6 heteroatoms. The maximum Gasteiger partial charge on any atom is 0.409 e. The Morgan fingerprint density at radius 2 is 1.90 bits per heavy atom. The number of likely N-dealkylation sites (tertiary alicyclic amines) is 1. The van der Waals surface area contributed by atoms with Crippen molar-refractivity contribution in [2.75, 3.05) is 19.7 Å². The van der Waals surface area contributed by atoms with Crippen molar-refractivity contribution >= 4 is 35.0 Å². The van der Waals surface area contributed by atoms with Crippen LogP contribution in [0.25, 0.3) is 11.6 Å². The first-order valence-electron chi connectivity index (χ1n) is 10.3. The lowest BCUT2D eigenvalue weighted by Gasteiger charge is -2.29. The van der Waals surface area contributed by atoms with E-state index < -0.39 is 5.97 Å². The third kappa shape index (κ3) is 4.19. The molecule has 0 bridgehead atoms. The van der Waals surface area contributed by atoms with E-state index in [-0.39, 0.29) is 6.09 Å². The second kappa shape index (κ2) is 8.88. The predicted molar refractivity (Wildman–Crippen MR) is 119 cm³/mol. The number of amides is 1. The number of piperidine rings is 1. The largest absolute Gasteiger partial charge is 0.478 e. The maximum atomic E-state index is 12.1. The molecule has 2 heterocycles. The number of aryl methyl sites for hydroxylation is 2. The fraction of sp³-hybridized carbons (Fsp3) is 0.333. The standard InChI is InChI=1S/C24H25NO4S/c1-2-29-24(28)25-13-11-17(12-14-25)23-19-6-4-3-5-16(19)7-9-21-20(23)15-18(30-21)8-10-22(26)27/h3-6,8,10,15H,2,7,9,11-14H2,1H3,(H,26,27)/b10-8+. The van der Waals surface area contributed by atoms with Crippen LogP contribution in [0.5, 0.6) is 0 Å². The van der Waals surface area contributed by atoms with E-state index in [1.54, 1.807) is 22.3 Å². The molecule has 4 rings (SSSR count). The normalized spacial score (nSPS) is 16.2. The Morgan fingerprint density at radius 1 is 1.13 bits per heavy atom. The molecule has 0 saturated carbocycles. The molecule has 0 spiro atoms. The van der Waals surface area contributed by atoms with Crippen molar-refractivity contribution in [3.63, 3.8) is 0 Å². The molecule has 2 aromatic rings. The Balaban J connectivity index is 1.74. The van der Waals surface area contributed by atoms with Gasteiger partial charge in [0.25, 0.3) is 0 Å². The third-order valence-electron chi connectivity index (χ3n) is 5.64. The van der Waals surface area contributed by atoms with Gasteiger partial charge < -0.3 is 14.7 Å². The molecular formula is C24H25NO4S. The Kier molecular flexibility index (Phi) is 6.04. The summed E-state index contributed by atoms with van der Waals surface area (Å²) in [6.45, 7) is 3.53. The molecule has 1 aromatic carbocycles. The minimum absolute atomic E-state index is 0.236. The van der Waals surface area contributed by atoms with Crippen LogP contribution in [0.1, 0.15) is 46.2 Å². The third-order valence-corrected chi connectivity index (χ3v) is 6.80. The zero-order valence-corrected chi connectivity index (χ0v) is 17.8. The predicted octanol–water partition coefficient (Wildman–Crippen LogP) is 5.00. The van der Waals surface area contributed by atoms with E-state index in [0.717, 1.165) is 30.6 Å². The van der Waals surface area contributed by atoms with Crippen LogP contribution in [0.2, 0.25) is 0 Å². The topological polar surface area (TPSA) is 66.8 Å². The zero-order chi connectivity index (χ0) is 21.1. The summed E-state index contributed by atoms with van der Waals surface area (Å²) in [5.74, 6) is -0.936. The molecule has 30 heavy (non-hydrogen) atoms. The molecular weight excluding hydrogens is 398 g/mol. The number of nitrogens with zero attached hydrogens (tertiary/aromatic N) is 1. The number of carboxylic acids is 1. The zero-order valence-electron chi connectivity index (χ0n) is 17.0. The number of ether oxygens (including phenoxy) is 1. The molecule has 1 fully saturated rings. The minimum Gasteiger partial charge on any atom is -0.478 e. The van der Waals surface area contributed by atoms with Crippen LogP contribution in [-0.2, 0) is 22.4 Å². The fourth-order valence-electron chi connectivity index (χ4n) is 4.26. The van der Waals surface area contributed by atoms with E-state index in [1.165, 1.54) is 38.8 Å². The van der Waals surface area contributed by atoms with Crippen LogP contribution < -0.4 is 0 Å². The second-order valence-electron chi connectivity index (χ2n) is 7.48. The first-order valence-corrected chi connectivity index (χ1v) is 11.1. The van der Waals surface area contributed by atoms with Gasteiger partial charge >= 0.3 is 12.1 Å². The number of rotatable bonds is 3. The molecule has 1 aromatic heterocycles. The number of fused-ring (bicyclic) bond motifs is 2. The molecule has 1 aliphatic heterocycles. The number of carbonyl (C=O) groups excluding carboxylic acids is 1. The minimum atomic E-state index is -0.936. The lowest BCUT2D eigenvalue weighted by atomic mass is 9.87. The van der Waals surface area contributed by atoms with Crippen molar-refractivity contribution in [2.24, 2.45) is 0 Å². The summed E-state index contributed by atoms with van der Waals surface area (Å²) >= 11 is 1.67. The molecule has 5 nitrogen and oxygen atoms in total. The van der Waals surface area contributed by atoms with Gasteiger partial charge in [0.1, 0.15) is 0 Å². The van der Waals surface area contributed by atoms with Crippen LogP contribution in [-0.4, -0.2) is 41.8 Å². The molecule has 0 unspecified atom stereocenters. The van der Waals surface area contributed by atoms with Crippen molar-refractivity contribution in [1.82, 2.24) is 4.90 Å². The lowest BCUT2D eigenvalue weighted by Crippen LogP contribution is -2.37. The monoisotopic (exact) mass is 423 g/mol. The first-order chi connectivity index (χ1) is 14.6.